The van der Waals surface area contributed by atoms with Gasteiger partial charge in [-0.05, 0) is 49.2 Å². The molecule has 1 aliphatic rings. The molecule has 0 spiro atoms. The molecule has 1 atom stereocenters. The average molecular weight is 435 g/mol. The molecule has 8 heteroatoms. The van der Waals surface area contributed by atoms with Gasteiger partial charge < -0.3 is 10.2 Å². The quantitative estimate of drug-likeness (QED) is 0.748. The molecule has 0 radical (unpaired) electrons. The molecule has 0 aromatic heterocycles. The van der Waals surface area contributed by atoms with E-state index in [1.807, 2.05) is 6.92 Å². The van der Waals surface area contributed by atoms with Crippen LogP contribution in [0.4, 0.5) is 11.4 Å². The van der Waals surface area contributed by atoms with Crippen molar-refractivity contribution in [1.82, 2.24) is 0 Å². The molecule has 6 nitrogen and oxygen atoms in total. The predicted octanol–water partition coefficient (Wildman–Crippen LogP) is 3.83. The SMILES string of the molecule is CCC(=O)N1c2ccc(S(=O)(=O)CCC(=O)Nc3ccccc3Cl)cc2C[C@H]1C. The van der Waals surface area contributed by atoms with Crippen molar-refractivity contribution >= 4 is 44.6 Å². The van der Waals surface area contributed by atoms with Crippen LogP contribution in [0.15, 0.2) is 47.4 Å². The number of rotatable bonds is 6. The second-order valence-electron chi connectivity index (χ2n) is 7.06. The van der Waals surface area contributed by atoms with Crippen LogP contribution >= 0.6 is 11.6 Å². The van der Waals surface area contributed by atoms with Gasteiger partial charge in [0.05, 0.1) is 21.4 Å². The molecule has 1 N–H and O–H groups in total. The van der Waals surface area contributed by atoms with E-state index in [9.17, 15) is 18.0 Å². The number of anilines is 2. The van der Waals surface area contributed by atoms with E-state index in [2.05, 4.69) is 5.32 Å². The summed E-state index contributed by atoms with van der Waals surface area (Å²) in [6.07, 6.45) is 0.823. The van der Waals surface area contributed by atoms with Crippen molar-refractivity contribution in [1.29, 1.82) is 0 Å². The molecule has 29 heavy (non-hydrogen) atoms. The van der Waals surface area contributed by atoms with Crippen LogP contribution in [0.2, 0.25) is 5.02 Å². The number of sulfone groups is 1. The Morgan fingerprint density at radius 2 is 1.93 bits per heavy atom. The van der Waals surface area contributed by atoms with Gasteiger partial charge in [0, 0.05) is 24.6 Å². The molecule has 2 aromatic rings. The van der Waals surface area contributed by atoms with Crippen LogP contribution < -0.4 is 10.2 Å². The lowest BCUT2D eigenvalue weighted by Gasteiger charge is -2.22. The van der Waals surface area contributed by atoms with Gasteiger partial charge in [-0.1, -0.05) is 30.7 Å². The molecular weight excluding hydrogens is 412 g/mol. The number of amides is 2. The van der Waals surface area contributed by atoms with E-state index < -0.39 is 15.7 Å². The summed E-state index contributed by atoms with van der Waals surface area (Å²) in [7, 11) is -3.64. The van der Waals surface area contributed by atoms with Crippen molar-refractivity contribution in [2.45, 2.75) is 44.0 Å². The third kappa shape index (κ3) is 4.62. The number of nitrogens with one attached hydrogen (secondary N) is 1. The minimum absolute atomic E-state index is 0.00296. The van der Waals surface area contributed by atoms with Crippen LogP contribution in [-0.2, 0) is 25.8 Å². The van der Waals surface area contributed by atoms with Crippen LogP contribution in [0.1, 0.15) is 32.3 Å². The molecule has 1 heterocycles. The number of carbonyl (C=O) groups is 2. The highest BCUT2D eigenvalue weighted by atomic mass is 35.5. The molecule has 2 aromatic carbocycles. The molecule has 0 bridgehead atoms. The fourth-order valence-corrected chi connectivity index (χ4v) is 4.94. The fourth-order valence-electron chi connectivity index (χ4n) is 3.47. The van der Waals surface area contributed by atoms with E-state index in [4.69, 9.17) is 11.6 Å². The van der Waals surface area contributed by atoms with Crippen molar-refractivity contribution in [3.05, 3.63) is 53.1 Å². The first-order valence-electron chi connectivity index (χ1n) is 9.45. The molecule has 154 valence electrons. The maximum atomic E-state index is 12.7. The van der Waals surface area contributed by atoms with Crippen LogP contribution in [-0.4, -0.2) is 32.0 Å². The summed E-state index contributed by atoms with van der Waals surface area (Å²) >= 11 is 6.00. The van der Waals surface area contributed by atoms with Gasteiger partial charge in [-0.2, -0.15) is 0 Å². The minimum atomic E-state index is -3.64. The summed E-state index contributed by atoms with van der Waals surface area (Å²) in [5, 5.41) is 3.02. The van der Waals surface area contributed by atoms with E-state index in [-0.39, 0.29) is 29.0 Å². The van der Waals surface area contributed by atoms with Gasteiger partial charge in [-0.15, -0.1) is 0 Å². The van der Waals surface area contributed by atoms with E-state index in [1.165, 1.54) is 6.07 Å². The predicted molar refractivity (Wildman–Crippen MR) is 114 cm³/mol. The monoisotopic (exact) mass is 434 g/mol. The first-order chi connectivity index (χ1) is 13.7. The number of benzene rings is 2. The van der Waals surface area contributed by atoms with Crippen molar-refractivity contribution < 1.29 is 18.0 Å². The number of hydrogen-bond donors (Lipinski definition) is 1. The summed E-state index contributed by atoms with van der Waals surface area (Å²) in [4.78, 5) is 26.2. The highest BCUT2D eigenvalue weighted by Crippen LogP contribution is 2.34. The minimum Gasteiger partial charge on any atom is -0.325 e. The zero-order chi connectivity index (χ0) is 21.2. The summed E-state index contributed by atoms with van der Waals surface area (Å²) in [6, 6.07) is 11.6. The average Bonchev–Trinajstić information content (AvgIpc) is 3.02. The Bertz CT molecular complexity index is 1050. The van der Waals surface area contributed by atoms with E-state index in [0.29, 0.717) is 23.6 Å². The van der Waals surface area contributed by atoms with E-state index in [1.54, 1.807) is 48.2 Å². The van der Waals surface area contributed by atoms with Gasteiger partial charge in [0.15, 0.2) is 9.84 Å². The Labute approximate surface area is 175 Å². The molecule has 0 saturated heterocycles. The number of carbonyl (C=O) groups excluding carboxylic acids is 2. The molecule has 0 aliphatic carbocycles. The van der Waals surface area contributed by atoms with Gasteiger partial charge in [-0.3, -0.25) is 9.59 Å². The van der Waals surface area contributed by atoms with Gasteiger partial charge in [0.25, 0.3) is 0 Å². The fraction of sp³-hybridized carbons (Fsp3) is 0.333. The van der Waals surface area contributed by atoms with E-state index >= 15 is 0 Å². The van der Waals surface area contributed by atoms with Gasteiger partial charge >= 0.3 is 0 Å². The highest BCUT2D eigenvalue weighted by Gasteiger charge is 2.31. The lowest BCUT2D eigenvalue weighted by molar-refractivity contribution is -0.118. The topological polar surface area (TPSA) is 83.6 Å². The van der Waals surface area contributed by atoms with Gasteiger partial charge in [0.1, 0.15) is 0 Å². The third-order valence-corrected chi connectivity index (χ3v) is 6.99. The maximum Gasteiger partial charge on any atom is 0.226 e. The number of para-hydroxylation sites is 1. The van der Waals surface area contributed by atoms with Crippen LogP contribution in [0.25, 0.3) is 0 Å². The van der Waals surface area contributed by atoms with Crippen LogP contribution in [0.3, 0.4) is 0 Å². The summed E-state index contributed by atoms with van der Waals surface area (Å²) in [5.41, 5.74) is 2.05. The second-order valence-corrected chi connectivity index (χ2v) is 9.57. The number of halogens is 1. The Kier molecular flexibility index (Phi) is 6.29. The summed E-state index contributed by atoms with van der Waals surface area (Å²) < 4.78 is 25.4. The molecule has 0 fully saturated rings. The van der Waals surface area contributed by atoms with Crippen LogP contribution in [0.5, 0.6) is 0 Å². The Hall–Kier alpha value is -2.38. The van der Waals surface area contributed by atoms with Gasteiger partial charge in [-0.25, -0.2) is 8.42 Å². The smallest absolute Gasteiger partial charge is 0.226 e. The van der Waals surface area contributed by atoms with Gasteiger partial charge in [0.2, 0.25) is 11.8 Å². The Balaban J connectivity index is 1.71. The normalized spacial score (nSPS) is 15.8. The Morgan fingerprint density at radius 1 is 1.21 bits per heavy atom. The van der Waals surface area contributed by atoms with Crippen molar-refractivity contribution in [2.24, 2.45) is 0 Å². The molecular formula is C21H23ClN2O4S. The maximum absolute atomic E-state index is 12.7. The van der Waals surface area contributed by atoms with Crippen LogP contribution in [0, 0.1) is 0 Å². The largest absolute Gasteiger partial charge is 0.325 e. The molecule has 0 saturated carbocycles. The lowest BCUT2D eigenvalue weighted by atomic mass is 10.1. The zero-order valence-corrected chi connectivity index (χ0v) is 17.9. The first kappa shape index (κ1) is 21.3. The van der Waals surface area contributed by atoms with E-state index in [0.717, 1.165) is 11.3 Å². The lowest BCUT2D eigenvalue weighted by Crippen LogP contribution is -2.35. The standard InChI is InChI=1S/C21H23ClN2O4S/c1-3-21(26)24-14(2)12-15-13-16(8-9-19(15)24)29(27,28)11-10-20(25)23-18-7-5-4-6-17(18)22/h4-9,13-14H,3,10-12H2,1-2H3,(H,23,25)/t14-/m1/s1. The molecule has 3 rings (SSSR count). The second kappa shape index (κ2) is 8.55. The number of nitrogens with zero attached hydrogens (tertiary/aromatic N) is 1. The zero-order valence-electron chi connectivity index (χ0n) is 16.3. The van der Waals surface area contributed by atoms with Crippen molar-refractivity contribution in [3.8, 4) is 0 Å². The number of hydrogen-bond acceptors (Lipinski definition) is 4. The van der Waals surface area contributed by atoms with Crippen molar-refractivity contribution in [2.75, 3.05) is 16.0 Å². The molecule has 2 amide bonds. The first-order valence-corrected chi connectivity index (χ1v) is 11.5. The molecule has 1 aliphatic heterocycles. The highest BCUT2D eigenvalue weighted by molar-refractivity contribution is 7.91. The number of fused-ring (bicyclic) bond motifs is 1. The van der Waals surface area contributed by atoms with Crippen molar-refractivity contribution in [3.63, 3.8) is 0 Å². The summed E-state index contributed by atoms with van der Waals surface area (Å²) in [5.74, 6) is -0.714. The Morgan fingerprint density at radius 3 is 2.62 bits per heavy atom. The molecule has 0 unspecified atom stereocenters. The summed E-state index contributed by atoms with van der Waals surface area (Å²) in [6.45, 7) is 3.75. The third-order valence-electron chi connectivity index (χ3n) is 4.94.